The zero-order valence-electron chi connectivity index (χ0n) is 10.4. The molecule has 2 unspecified atom stereocenters. The van der Waals surface area contributed by atoms with Crippen molar-refractivity contribution in [3.8, 4) is 11.9 Å². The van der Waals surface area contributed by atoms with Crippen LogP contribution in [0.25, 0.3) is 0 Å². The minimum Gasteiger partial charge on any atom is -0.474 e. The fourth-order valence-electron chi connectivity index (χ4n) is 2.38. The second-order valence-corrected chi connectivity index (χ2v) is 4.87. The first-order chi connectivity index (χ1) is 8.19. The monoisotopic (exact) mass is 230 g/mol. The number of ether oxygens (including phenoxy) is 1. The number of pyridine rings is 1. The number of hydrogen-bond acceptors (Lipinski definition) is 3. The minimum absolute atomic E-state index is 0.254. The summed E-state index contributed by atoms with van der Waals surface area (Å²) in [5.41, 5.74) is 1.46. The molecule has 1 aromatic rings. The Kier molecular flexibility index (Phi) is 3.63. The summed E-state index contributed by atoms with van der Waals surface area (Å²) in [6.07, 6.45) is 5.10. The lowest BCUT2D eigenvalue weighted by Gasteiger charge is -2.28. The van der Waals surface area contributed by atoms with E-state index in [1.165, 1.54) is 19.3 Å². The number of aromatic nitrogens is 1. The van der Waals surface area contributed by atoms with Crippen LogP contribution in [-0.2, 0) is 0 Å². The summed E-state index contributed by atoms with van der Waals surface area (Å²) in [7, 11) is 0. The highest BCUT2D eigenvalue weighted by atomic mass is 16.5. The Bertz CT molecular complexity index is 436. The van der Waals surface area contributed by atoms with Crippen LogP contribution in [0, 0.1) is 24.2 Å². The highest BCUT2D eigenvalue weighted by Gasteiger charge is 2.23. The zero-order chi connectivity index (χ0) is 12.3. The van der Waals surface area contributed by atoms with Gasteiger partial charge in [0.1, 0.15) is 6.10 Å². The first-order valence-electron chi connectivity index (χ1n) is 6.24. The standard InChI is InChI=1S/C14H18N2O/c1-10-5-3-4-6-13(10)17-14-8-12(9-15)7-11(2)16-14/h7-8,10,13H,3-6H2,1-2H3. The van der Waals surface area contributed by atoms with Gasteiger partial charge in [-0.25, -0.2) is 4.98 Å². The summed E-state index contributed by atoms with van der Waals surface area (Å²) in [5.74, 6) is 1.18. The lowest BCUT2D eigenvalue weighted by atomic mass is 9.88. The minimum atomic E-state index is 0.254. The second kappa shape index (κ2) is 5.18. The van der Waals surface area contributed by atoms with E-state index in [0.29, 0.717) is 17.4 Å². The van der Waals surface area contributed by atoms with Crippen molar-refractivity contribution in [2.45, 2.75) is 45.6 Å². The third kappa shape index (κ3) is 2.97. The van der Waals surface area contributed by atoms with Crippen molar-refractivity contribution >= 4 is 0 Å². The Hall–Kier alpha value is -1.56. The molecule has 0 amide bonds. The van der Waals surface area contributed by atoms with Crippen molar-refractivity contribution in [3.63, 3.8) is 0 Å². The van der Waals surface area contributed by atoms with Crippen LogP contribution in [0.4, 0.5) is 0 Å². The Balaban J connectivity index is 2.12. The summed E-state index contributed by atoms with van der Waals surface area (Å²) >= 11 is 0. The topological polar surface area (TPSA) is 45.9 Å². The fourth-order valence-corrected chi connectivity index (χ4v) is 2.38. The molecule has 1 heterocycles. The first-order valence-corrected chi connectivity index (χ1v) is 6.24. The van der Waals surface area contributed by atoms with E-state index in [1.807, 2.05) is 6.92 Å². The van der Waals surface area contributed by atoms with Crippen molar-refractivity contribution in [1.82, 2.24) is 4.98 Å². The maximum absolute atomic E-state index is 8.91. The molecule has 1 aromatic heterocycles. The molecule has 0 saturated heterocycles. The van der Waals surface area contributed by atoms with Gasteiger partial charge in [0.15, 0.2) is 0 Å². The molecule has 90 valence electrons. The summed E-state index contributed by atoms with van der Waals surface area (Å²) in [5, 5.41) is 8.91. The highest BCUT2D eigenvalue weighted by Crippen LogP contribution is 2.27. The van der Waals surface area contributed by atoms with Gasteiger partial charge in [-0.3, -0.25) is 0 Å². The van der Waals surface area contributed by atoms with Crippen molar-refractivity contribution in [2.24, 2.45) is 5.92 Å². The molecule has 0 N–H and O–H groups in total. The van der Waals surface area contributed by atoms with E-state index in [2.05, 4.69) is 18.0 Å². The Labute approximate surface area is 102 Å². The molecule has 1 aliphatic carbocycles. The van der Waals surface area contributed by atoms with E-state index in [4.69, 9.17) is 10.00 Å². The van der Waals surface area contributed by atoms with Crippen molar-refractivity contribution in [2.75, 3.05) is 0 Å². The molecule has 1 aliphatic rings. The van der Waals surface area contributed by atoms with Gasteiger partial charge in [-0.15, -0.1) is 0 Å². The quantitative estimate of drug-likeness (QED) is 0.783. The number of nitrogens with zero attached hydrogens (tertiary/aromatic N) is 2. The third-order valence-corrected chi connectivity index (χ3v) is 3.36. The van der Waals surface area contributed by atoms with E-state index in [0.717, 1.165) is 12.1 Å². The van der Waals surface area contributed by atoms with Crippen LogP contribution in [0.1, 0.15) is 43.9 Å². The van der Waals surface area contributed by atoms with Crippen LogP contribution in [-0.4, -0.2) is 11.1 Å². The molecule has 0 aromatic carbocycles. The Morgan fingerprint density at radius 1 is 1.35 bits per heavy atom. The van der Waals surface area contributed by atoms with E-state index in [1.54, 1.807) is 12.1 Å². The molecule has 2 atom stereocenters. The van der Waals surface area contributed by atoms with E-state index in [-0.39, 0.29) is 6.10 Å². The largest absolute Gasteiger partial charge is 0.474 e. The van der Waals surface area contributed by atoms with Gasteiger partial charge in [0.2, 0.25) is 5.88 Å². The molecule has 1 fully saturated rings. The predicted molar refractivity (Wildman–Crippen MR) is 65.7 cm³/mol. The second-order valence-electron chi connectivity index (χ2n) is 4.87. The average molecular weight is 230 g/mol. The van der Waals surface area contributed by atoms with Crippen LogP contribution in [0.5, 0.6) is 5.88 Å². The summed E-state index contributed by atoms with van der Waals surface area (Å²) < 4.78 is 5.93. The van der Waals surface area contributed by atoms with Crippen molar-refractivity contribution in [3.05, 3.63) is 23.4 Å². The SMILES string of the molecule is Cc1cc(C#N)cc(OC2CCCCC2C)n1. The molecule has 0 bridgehead atoms. The lowest BCUT2D eigenvalue weighted by molar-refractivity contribution is 0.0974. The third-order valence-electron chi connectivity index (χ3n) is 3.36. The van der Waals surface area contributed by atoms with Gasteiger partial charge in [0.05, 0.1) is 11.6 Å². The van der Waals surface area contributed by atoms with Crippen LogP contribution < -0.4 is 4.74 Å². The van der Waals surface area contributed by atoms with Crippen molar-refractivity contribution < 1.29 is 4.74 Å². The first kappa shape index (κ1) is 11.9. The summed E-state index contributed by atoms with van der Waals surface area (Å²) in [6.45, 7) is 4.11. The van der Waals surface area contributed by atoms with Gasteiger partial charge < -0.3 is 4.74 Å². The molecule has 1 saturated carbocycles. The van der Waals surface area contributed by atoms with Gasteiger partial charge >= 0.3 is 0 Å². The smallest absolute Gasteiger partial charge is 0.215 e. The number of nitriles is 1. The van der Waals surface area contributed by atoms with E-state index < -0.39 is 0 Å². The maximum atomic E-state index is 8.91. The maximum Gasteiger partial charge on any atom is 0.215 e. The summed E-state index contributed by atoms with van der Waals surface area (Å²) in [4.78, 5) is 4.34. The molecule has 0 radical (unpaired) electrons. The van der Waals surface area contributed by atoms with Crippen LogP contribution in [0.2, 0.25) is 0 Å². The Morgan fingerprint density at radius 2 is 2.12 bits per heavy atom. The summed E-state index contributed by atoms with van der Waals surface area (Å²) in [6, 6.07) is 5.64. The van der Waals surface area contributed by atoms with Crippen LogP contribution in [0.15, 0.2) is 12.1 Å². The fraction of sp³-hybridized carbons (Fsp3) is 0.571. The normalized spacial score (nSPS) is 24.1. The molecule has 2 rings (SSSR count). The van der Waals surface area contributed by atoms with E-state index in [9.17, 15) is 0 Å². The Morgan fingerprint density at radius 3 is 2.82 bits per heavy atom. The molecule has 0 aliphatic heterocycles. The van der Waals surface area contributed by atoms with Gasteiger partial charge in [-0.05, 0) is 38.2 Å². The average Bonchev–Trinajstić information content (AvgIpc) is 2.31. The van der Waals surface area contributed by atoms with E-state index >= 15 is 0 Å². The van der Waals surface area contributed by atoms with Crippen LogP contribution >= 0.6 is 0 Å². The number of rotatable bonds is 2. The van der Waals surface area contributed by atoms with Gasteiger partial charge in [0, 0.05) is 11.8 Å². The van der Waals surface area contributed by atoms with Crippen molar-refractivity contribution in [1.29, 1.82) is 5.26 Å². The van der Waals surface area contributed by atoms with Gasteiger partial charge in [0.25, 0.3) is 0 Å². The molecule has 0 spiro atoms. The molecular formula is C14H18N2O. The molecule has 3 heteroatoms. The molecular weight excluding hydrogens is 212 g/mol. The number of hydrogen-bond donors (Lipinski definition) is 0. The lowest BCUT2D eigenvalue weighted by Crippen LogP contribution is -2.28. The van der Waals surface area contributed by atoms with Crippen LogP contribution in [0.3, 0.4) is 0 Å². The molecule has 17 heavy (non-hydrogen) atoms. The zero-order valence-corrected chi connectivity index (χ0v) is 10.4. The predicted octanol–water partition coefficient (Wildman–Crippen LogP) is 3.22. The number of aryl methyl sites for hydroxylation is 1. The molecule has 3 nitrogen and oxygen atoms in total. The highest BCUT2D eigenvalue weighted by molar-refractivity contribution is 5.34. The van der Waals surface area contributed by atoms with Gasteiger partial charge in [-0.1, -0.05) is 13.3 Å². The van der Waals surface area contributed by atoms with Gasteiger partial charge in [-0.2, -0.15) is 5.26 Å².